The van der Waals surface area contributed by atoms with Crippen LogP contribution in [-0.2, 0) is 11.8 Å². The van der Waals surface area contributed by atoms with Crippen molar-refractivity contribution in [1.29, 1.82) is 0 Å². The third-order valence-electron chi connectivity index (χ3n) is 2.04. The fourth-order valence-electron chi connectivity index (χ4n) is 1.05. The standard InChI is InChI=1S/C8H9BrN2O4/c1-4(7(13)14)11-3-5(9)6(12)10(2)8(11)15/h3-4H,1-2H3,(H,13,14). The van der Waals surface area contributed by atoms with Crippen molar-refractivity contribution in [2.45, 2.75) is 13.0 Å². The summed E-state index contributed by atoms with van der Waals surface area (Å²) in [7, 11) is 1.29. The summed E-state index contributed by atoms with van der Waals surface area (Å²) in [6, 6.07) is -1.01. The van der Waals surface area contributed by atoms with Gasteiger partial charge in [0, 0.05) is 13.2 Å². The van der Waals surface area contributed by atoms with Crippen LogP contribution in [0.4, 0.5) is 0 Å². The van der Waals surface area contributed by atoms with Gasteiger partial charge in [0.25, 0.3) is 5.56 Å². The second kappa shape index (κ2) is 4.01. The minimum atomic E-state index is -1.14. The predicted octanol–water partition coefficient (Wildman–Crippen LogP) is -0.0449. The van der Waals surface area contributed by atoms with Gasteiger partial charge in [-0.15, -0.1) is 0 Å². The summed E-state index contributed by atoms with van der Waals surface area (Å²) in [5.74, 6) is -1.14. The van der Waals surface area contributed by atoms with Crippen LogP contribution in [0.5, 0.6) is 0 Å². The number of aliphatic carboxylic acids is 1. The van der Waals surface area contributed by atoms with E-state index < -0.39 is 23.3 Å². The number of aromatic nitrogens is 2. The van der Waals surface area contributed by atoms with E-state index in [1.54, 1.807) is 0 Å². The van der Waals surface area contributed by atoms with Gasteiger partial charge in [-0.1, -0.05) is 0 Å². The van der Waals surface area contributed by atoms with E-state index in [9.17, 15) is 14.4 Å². The van der Waals surface area contributed by atoms with Crippen LogP contribution in [0, 0.1) is 0 Å². The Morgan fingerprint density at radius 3 is 2.53 bits per heavy atom. The number of hydrogen-bond donors (Lipinski definition) is 1. The van der Waals surface area contributed by atoms with Gasteiger partial charge >= 0.3 is 11.7 Å². The molecule has 1 atom stereocenters. The van der Waals surface area contributed by atoms with E-state index in [0.29, 0.717) is 0 Å². The molecule has 1 heterocycles. The molecule has 0 spiro atoms. The highest BCUT2D eigenvalue weighted by atomic mass is 79.9. The minimum absolute atomic E-state index is 0.151. The topological polar surface area (TPSA) is 81.3 Å². The monoisotopic (exact) mass is 276 g/mol. The van der Waals surface area contributed by atoms with Crippen molar-refractivity contribution >= 4 is 21.9 Å². The number of carboxylic acid groups (broad SMARTS) is 1. The molecule has 0 fully saturated rings. The number of carbonyl (C=O) groups is 1. The molecular formula is C8H9BrN2O4. The molecule has 0 aliphatic heterocycles. The van der Waals surface area contributed by atoms with Crippen molar-refractivity contribution < 1.29 is 9.90 Å². The molecule has 1 rings (SSSR count). The Kier molecular flexibility index (Phi) is 3.13. The number of nitrogens with zero attached hydrogens (tertiary/aromatic N) is 2. The molecule has 0 bridgehead atoms. The van der Waals surface area contributed by atoms with E-state index in [4.69, 9.17) is 5.11 Å². The lowest BCUT2D eigenvalue weighted by molar-refractivity contribution is -0.140. The maximum absolute atomic E-state index is 11.5. The highest BCUT2D eigenvalue weighted by Gasteiger charge is 2.17. The normalized spacial score (nSPS) is 12.5. The molecule has 0 radical (unpaired) electrons. The first kappa shape index (κ1) is 11.7. The Morgan fingerprint density at radius 2 is 2.07 bits per heavy atom. The molecule has 0 saturated heterocycles. The van der Waals surface area contributed by atoms with E-state index in [1.165, 1.54) is 20.2 Å². The van der Waals surface area contributed by atoms with Gasteiger partial charge in [-0.2, -0.15) is 0 Å². The number of halogens is 1. The fraction of sp³-hybridized carbons (Fsp3) is 0.375. The van der Waals surface area contributed by atoms with Crippen LogP contribution in [0.15, 0.2) is 20.3 Å². The van der Waals surface area contributed by atoms with Gasteiger partial charge in [0.15, 0.2) is 0 Å². The molecular weight excluding hydrogens is 268 g/mol. The predicted molar refractivity (Wildman–Crippen MR) is 56.0 cm³/mol. The lowest BCUT2D eigenvalue weighted by Crippen LogP contribution is -2.40. The lowest BCUT2D eigenvalue weighted by Gasteiger charge is -2.11. The van der Waals surface area contributed by atoms with Crippen LogP contribution in [0.25, 0.3) is 0 Å². The summed E-state index contributed by atoms with van der Waals surface area (Å²) in [6.07, 6.45) is 1.18. The summed E-state index contributed by atoms with van der Waals surface area (Å²) in [5, 5.41) is 8.75. The van der Waals surface area contributed by atoms with Crippen molar-refractivity contribution in [1.82, 2.24) is 9.13 Å². The Labute approximate surface area is 92.9 Å². The summed E-state index contributed by atoms with van der Waals surface area (Å²) >= 11 is 2.96. The molecule has 0 aliphatic carbocycles. The minimum Gasteiger partial charge on any atom is -0.480 e. The molecule has 15 heavy (non-hydrogen) atoms. The van der Waals surface area contributed by atoms with Crippen LogP contribution in [0.1, 0.15) is 13.0 Å². The largest absolute Gasteiger partial charge is 0.480 e. The van der Waals surface area contributed by atoms with Crippen molar-refractivity contribution in [3.8, 4) is 0 Å². The van der Waals surface area contributed by atoms with Crippen LogP contribution >= 0.6 is 15.9 Å². The van der Waals surface area contributed by atoms with E-state index in [-0.39, 0.29) is 4.47 Å². The molecule has 6 nitrogen and oxygen atoms in total. The number of hydrogen-bond acceptors (Lipinski definition) is 3. The summed E-state index contributed by atoms with van der Waals surface area (Å²) in [6.45, 7) is 1.36. The molecule has 7 heteroatoms. The molecule has 82 valence electrons. The zero-order valence-corrected chi connectivity index (χ0v) is 9.69. The number of carboxylic acids is 1. The SMILES string of the molecule is CC(C(=O)O)n1cc(Br)c(=O)n(C)c1=O. The van der Waals surface area contributed by atoms with Gasteiger partial charge in [-0.05, 0) is 22.9 Å². The quantitative estimate of drug-likeness (QED) is 0.822. The summed E-state index contributed by atoms with van der Waals surface area (Å²) in [4.78, 5) is 33.5. The van der Waals surface area contributed by atoms with E-state index >= 15 is 0 Å². The van der Waals surface area contributed by atoms with Crippen LogP contribution < -0.4 is 11.2 Å². The second-order valence-electron chi connectivity index (χ2n) is 3.05. The number of rotatable bonds is 2. The molecule has 1 N–H and O–H groups in total. The van der Waals surface area contributed by atoms with Crippen molar-refractivity contribution in [3.63, 3.8) is 0 Å². The fourth-order valence-corrected chi connectivity index (χ4v) is 1.54. The van der Waals surface area contributed by atoms with Crippen LogP contribution in [0.2, 0.25) is 0 Å². The molecule has 1 aromatic rings. The Balaban J connectivity index is 3.53. The second-order valence-corrected chi connectivity index (χ2v) is 3.90. The van der Waals surface area contributed by atoms with Crippen LogP contribution in [-0.4, -0.2) is 20.2 Å². The molecule has 0 amide bonds. The van der Waals surface area contributed by atoms with Gasteiger partial charge < -0.3 is 5.11 Å². The first-order valence-corrected chi connectivity index (χ1v) is 4.86. The third kappa shape index (κ3) is 2.01. The maximum atomic E-state index is 11.5. The molecule has 0 aromatic carbocycles. The molecule has 1 unspecified atom stereocenters. The van der Waals surface area contributed by atoms with E-state index in [2.05, 4.69) is 15.9 Å². The highest BCUT2D eigenvalue weighted by molar-refractivity contribution is 9.10. The third-order valence-corrected chi connectivity index (χ3v) is 2.59. The van der Waals surface area contributed by atoms with Crippen molar-refractivity contribution in [2.24, 2.45) is 7.05 Å². The smallest absolute Gasteiger partial charge is 0.331 e. The Bertz CT molecular complexity index is 516. The maximum Gasteiger partial charge on any atom is 0.331 e. The molecule has 0 aliphatic rings. The van der Waals surface area contributed by atoms with Gasteiger partial charge in [0.05, 0.1) is 4.47 Å². The first-order valence-electron chi connectivity index (χ1n) is 4.06. The summed E-state index contributed by atoms with van der Waals surface area (Å²) < 4.78 is 1.98. The van der Waals surface area contributed by atoms with E-state index in [0.717, 1.165) is 9.13 Å². The van der Waals surface area contributed by atoms with Gasteiger partial charge in [-0.25, -0.2) is 9.59 Å². The Hall–Kier alpha value is -1.37. The highest BCUT2D eigenvalue weighted by Crippen LogP contribution is 2.05. The van der Waals surface area contributed by atoms with Crippen molar-refractivity contribution in [2.75, 3.05) is 0 Å². The average Bonchev–Trinajstić information content (AvgIpc) is 2.19. The zero-order valence-electron chi connectivity index (χ0n) is 8.10. The summed E-state index contributed by atoms with van der Waals surface area (Å²) in [5.41, 5.74) is -1.15. The van der Waals surface area contributed by atoms with Gasteiger partial charge in [0.1, 0.15) is 6.04 Å². The van der Waals surface area contributed by atoms with Gasteiger partial charge in [-0.3, -0.25) is 13.9 Å². The zero-order chi connectivity index (χ0) is 11.7. The first-order chi connectivity index (χ1) is 6.86. The molecule has 0 saturated carbocycles. The van der Waals surface area contributed by atoms with E-state index in [1.807, 2.05) is 0 Å². The Morgan fingerprint density at radius 1 is 1.53 bits per heavy atom. The van der Waals surface area contributed by atoms with Crippen molar-refractivity contribution in [3.05, 3.63) is 31.5 Å². The molecule has 1 aromatic heterocycles. The van der Waals surface area contributed by atoms with Gasteiger partial charge in [0.2, 0.25) is 0 Å². The lowest BCUT2D eigenvalue weighted by atomic mass is 10.3. The average molecular weight is 277 g/mol. The van der Waals surface area contributed by atoms with Crippen LogP contribution in [0.3, 0.4) is 0 Å².